The van der Waals surface area contributed by atoms with Crippen LogP contribution in [0, 0.1) is 5.82 Å². The van der Waals surface area contributed by atoms with Gasteiger partial charge in [-0.05, 0) is 19.1 Å². The zero-order valence-corrected chi connectivity index (χ0v) is 15.9. The minimum Gasteiger partial charge on any atom is -0.483 e. The topological polar surface area (TPSA) is 78.9 Å². The van der Waals surface area contributed by atoms with E-state index in [2.05, 4.69) is 26.9 Å². The van der Waals surface area contributed by atoms with Gasteiger partial charge < -0.3 is 9.26 Å². The molecule has 0 amide bonds. The molecule has 0 N–H and O–H groups in total. The van der Waals surface area contributed by atoms with E-state index >= 15 is 0 Å². The van der Waals surface area contributed by atoms with Crippen molar-refractivity contribution >= 4 is 11.8 Å². The summed E-state index contributed by atoms with van der Waals surface area (Å²) in [6.07, 6.45) is 2.46. The number of benzene rings is 1. The first-order valence-corrected chi connectivity index (χ1v) is 9.39. The number of aromatic nitrogens is 5. The van der Waals surface area contributed by atoms with Crippen molar-refractivity contribution in [1.82, 2.24) is 24.9 Å². The van der Waals surface area contributed by atoms with Crippen molar-refractivity contribution in [2.75, 3.05) is 0 Å². The molecule has 0 radical (unpaired) electrons. The summed E-state index contributed by atoms with van der Waals surface area (Å²) in [5, 5.41) is 12.9. The van der Waals surface area contributed by atoms with E-state index in [0.29, 0.717) is 35.7 Å². The molecule has 27 heavy (non-hydrogen) atoms. The zero-order valence-electron chi connectivity index (χ0n) is 15.1. The van der Waals surface area contributed by atoms with Gasteiger partial charge >= 0.3 is 0 Å². The van der Waals surface area contributed by atoms with Crippen molar-refractivity contribution in [2.45, 2.75) is 43.8 Å². The Bertz CT molecular complexity index is 911. The second-order valence-corrected chi connectivity index (χ2v) is 6.99. The van der Waals surface area contributed by atoms with Gasteiger partial charge in [0.1, 0.15) is 6.61 Å². The SMILES string of the molecule is C=CCn1c(COc2ccccc2F)nnc1SC(C)c1nc(CC)no1. The van der Waals surface area contributed by atoms with Crippen molar-refractivity contribution in [3.8, 4) is 5.75 Å². The van der Waals surface area contributed by atoms with E-state index in [1.807, 2.05) is 18.4 Å². The molecule has 0 aliphatic rings. The number of ether oxygens (including phenoxy) is 1. The summed E-state index contributed by atoms with van der Waals surface area (Å²) in [5.74, 6) is 1.54. The summed E-state index contributed by atoms with van der Waals surface area (Å²) >= 11 is 1.45. The van der Waals surface area contributed by atoms with E-state index in [1.54, 1.807) is 24.3 Å². The largest absolute Gasteiger partial charge is 0.483 e. The third-order valence-corrected chi connectivity index (χ3v) is 4.80. The number of allylic oxidation sites excluding steroid dienone is 1. The van der Waals surface area contributed by atoms with Crippen molar-refractivity contribution in [2.24, 2.45) is 0 Å². The van der Waals surface area contributed by atoms with Crippen LogP contribution < -0.4 is 4.74 Å². The fourth-order valence-electron chi connectivity index (χ4n) is 2.31. The number of hydrogen-bond donors (Lipinski definition) is 0. The van der Waals surface area contributed by atoms with E-state index in [9.17, 15) is 4.39 Å². The van der Waals surface area contributed by atoms with E-state index in [1.165, 1.54) is 17.8 Å². The van der Waals surface area contributed by atoms with Gasteiger partial charge in [-0.25, -0.2) is 4.39 Å². The maximum atomic E-state index is 13.7. The van der Waals surface area contributed by atoms with Crippen LogP contribution in [0.3, 0.4) is 0 Å². The summed E-state index contributed by atoms with van der Waals surface area (Å²) in [7, 11) is 0. The van der Waals surface area contributed by atoms with Gasteiger partial charge in [-0.3, -0.25) is 4.57 Å². The lowest BCUT2D eigenvalue weighted by atomic mass is 10.3. The first kappa shape index (κ1) is 19.1. The summed E-state index contributed by atoms with van der Waals surface area (Å²) in [5.41, 5.74) is 0. The van der Waals surface area contributed by atoms with Crippen molar-refractivity contribution in [3.05, 3.63) is 60.3 Å². The molecular formula is C18H20FN5O2S. The second kappa shape index (κ2) is 8.81. The summed E-state index contributed by atoms with van der Waals surface area (Å²) in [6, 6.07) is 6.24. The van der Waals surface area contributed by atoms with E-state index in [-0.39, 0.29) is 17.6 Å². The maximum Gasteiger partial charge on any atom is 0.239 e. The Hall–Kier alpha value is -2.68. The minimum atomic E-state index is -0.418. The summed E-state index contributed by atoms with van der Waals surface area (Å²) < 4.78 is 26.4. The summed E-state index contributed by atoms with van der Waals surface area (Å²) in [4.78, 5) is 4.35. The van der Waals surface area contributed by atoms with Gasteiger partial charge in [0.25, 0.3) is 0 Å². The molecule has 9 heteroatoms. The van der Waals surface area contributed by atoms with Crippen molar-refractivity contribution in [1.29, 1.82) is 0 Å². The molecule has 0 bridgehead atoms. The molecule has 2 heterocycles. The smallest absolute Gasteiger partial charge is 0.239 e. The average molecular weight is 389 g/mol. The molecule has 1 atom stereocenters. The second-order valence-electron chi connectivity index (χ2n) is 5.68. The lowest BCUT2D eigenvalue weighted by molar-refractivity contribution is 0.275. The highest BCUT2D eigenvalue weighted by atomic mass is 32.2. The van der Waals surface area contributed by atoms with Gasteiger partial charge in [-0.15, -0.1) is 16.8 Å². The lowest BCUT2D eigenvalue weighted by Crippen LogP contribution is -2.08. The van der Waals surface area contributed by atoms with Crippen LogP contribution in [0.15, 0.2) is 46.6 Å². The minimum absolute atomic E-state index is 0.0918. The van der Waals surface area contributed by atoms with Gasteiger partial charge in [-0.1, -0.05) is 42.1 Å². The third-order valence-electron chi connectivity index (χ3n) is 3.73. The molecule has 1 aromatic carbocycles. The molecule has 7 nitrogen and oxygen atoms in total. The first-order valence-electron chi connectivity index (χ1n) is 8.51. The maximum absolute atomic E-state index is 13.7. The Morgan fingerprint density at radius 1 is 1.37 bits per heavy atom. The summed E-state index contributed by atoms with van der Waals surface area (Å²) in [6.45, 7) is 8.30. The Morgan fingerprint density at radius 2 is 2.19 bits per heavy atom. The highest BCUT2D eigenvalue weighted by Gasteiger charge is 2.20. The molecule has 3 aromatic rings. The highest BCUT2D eigenvalue weighted by Crippen LogP contribution is 2.33. The van der Waals surface area contributed by atoms with Crippen LogP contribution in [0.1, 0.15) is 36.6 Å². The Morgan fingerprint density at radius 3 is 2.89 bits per heavy atom. The van der Waals surface area contributed by atoms with E-state index in [4.69, 9.17) is 9.26 Å². The van der Waals surface area contributed by atoms with Crippen LogP contribution in [0.25, 0.3) is 0 Å². The Balaban J connectivity index is 1.74. The van der Waals surface area contributed by atoms with Gasteiger partial charge in [0.05, 0.1) is 5.25 Å². The van der Waals surface area contributed by atoms with Gasteiger partial charge in [0.15, 0.2) is 28.4 Å². The standard InChI is InChI=1S/C18H20FN5O2S/c1-4-10-24-16(11-25-14-9-7-6-8-13(14)19)21-22-18(24)27-12(3)17-20-15(5-2)23-26-17/h4,6-9,12H,1,5,10-11H2,2-3H3. The number of hydrogen-bond acceptors (Lipinski definition) is 7. The molecule has 0 saturated carbocycles. The molecule has 0 fully saturated rings. The zero-order chi connectivity index (χ0) is 19.2. The number of rotatable bonds is 9. The van der Waals surface area contributed by atoms with Crippen LogP contribution in [-0.2, 0) is 19.6 Å². The number of aryl methyl sites for hydroxylation is 1. The van der Waals surface area contributed by atoms with Gasteiger partial charge in [-0.2, -0.15) is 4.98 Å². The molecule has 3 rings (SSSR count). The van der Waals surface area contributed by atoms with Crippen LogP contribution >= 0.6 is 11.8 Å². The Kier molecular flexibility index (Phi) is 6.23. The molecule has 0 aliphatic heterocycles. The number of thioether (sulfide) groups is 1. The molecular weight excluding hydrogens is 369 g/mol. The Labute approximate surface area is 160 Å². The first-order chi connectivity index (χ1) is 13.1. The van der Waals surface area contributed by atoms with Crippen LogP contribution in [-0.4, -0.2) is 24.9 Å². The number of nitrogens with zero attached hydrogens (tertiary/aromatic N) is 5. The third kappa shape index (κ3) is 4.54. The van der Waals surface area contributed by atoms with Crippen LogP contribution in [0.4, 0.5) is 4.39 Å². The molecule has 2 aromatic heterocycles. The van der Waals surface area contributed by atoms with E-state index in [0.717, 1.165) is 0 Å². The number of halogens is 1. The van der Waals surface area contributed by atoms with Gasteiger partial charge in [0.2, 0.25) is 5.89 Å². The normalized spacial score (nSPS) is 12.1. The van der Waals surface area contributed by atoms with Crippen LogP contribution in [0.5, 0.6) is 5.75 Å². The fourth-order valence-corrected chi connectivity index (χ4v) is 3.22. The fraction of sp³-hybridized carbons (Fsp3) is 0.333. The molecule has 142 valence electrons. The lowest BCUT2D eigenvalue weighted by Gasteiger charge is -2.10. The predicted molar refractivity (Wildman–Crippen MR) is 98.9 cm³/mol. The monoisotopic (exact) mass is 389 g/mol. The van der Waals surface area contributed by atoms with E-state index < -0.39 is 5.82 Å². The highest BCUT2D eigenvalue weighted by molar-refractivity contribution is 7.99. The molecule has 0 spiro atoms. The molecule has 0 aliphatic carbocycles. The van der Waals surface area contributed by atoms with Gasteiger partial charge in [0, 0.05) is 13.0 Å². The van der Waals surface area contributed by atoms with Crippen molar-refractivity contribution < 1.29 is 13.7 Å². The quantitative estimate of drug-likeness (QED) is 0.404. The average Bonchev–Trinajstić information content (AvgIpc) is 3.29. The molecule has 0 saturated heterocycles. The van der Waals surface area contributed by atoms with Crippen LogP contribution in [0.2, 0.25) is 0 Å². The predicted octanol–water partition coefficient (Wildman–Crippen LogP) is 3.98. The van der Waals surface area contributed by atoms with Crippen molar-refractivity contribution in [3.63, 3.8) is 0 Å². The number of para-hydroxylation sites is 1. The molecule has 1 unspecified atom stereocenters.